The highest BCUT2D eigenvalue weighted by atomic mass is 15.4. The second kappa shape index (κ2) is 8.73. The Kier molecular flexibility index (Phi) is 5.50. The van der Waals surface area contributed by atoms with Crippen LogP contribution in [0.3, 0.4) is 0 Å². The smallest absolute Gasteiger partial charge is 0.204 e. The molecule has 1 fully saturated rings. The van der Waals surface area contributed by atoms with Crippen LogP contribution in [0.2, 0.25) is 0 Å². The third kappa shape index (κ3) is 4.09. The van der Waals surface area contributed by atoms with Crippen molar-refractivity contribution >= 4 is 0 Å². The van der Waals surface area contributed by atoms with Crippen molar-refractivity contribution in [3.8, 4) is 34.0 Å². The molecule has 1 aliphatic heterocycles. The van der Waals surface area contributed by atoms with E-state index in [0.717, 1.165) is 55.0 Å². The maximum absolute atomic E-state index is 4.88. The first-order valence-corrected chi connectivity index (χ1v) is 10.8. The molecule has 7 nitrogen and oxygen atoms in total. The van der Waals surface area contributed by atoms with Crippen molar-refractivity contribution in [2.24, 2.45) is 0 Å². The van der Waals surface area contributed by atoms with E-state index in [1.54, 1.807) is 0 Å². The highest BCUT2D eigenvalue weighted by Crippen LogP contribution is 2.30. The summed E-state index contributed by atoms with van der Waals surface area (Å²) in [6.07, 6.45) is 4.12. The van der Waals surface area contributed by atoms with Crippen LogP contribution in [0, 0.1) is 0 Å². The molecule has 0 bridgehead atoms. The van der Waals surface area contributed by atoms with Gasteiger partial charge in [0.2, 0.25) is 5.82 Å². The number of likely N-dealkylation sites (tertiary alicyclic amines) is 1. The van der Waals surface area contributed by atoms with Crippen molar-refractivity contribution in [2.75, 3.05) is 19.6 Å². The van der Waals surface area contributed by atoms with Gasteiger partial charge in [0.05, 0.1) is 12.2 Å². The van der Waals surface area contributed by atoms with E-state index < -0.39 is 0 Å². The summed E-state index contributed by atoms with van der Waals surface area (Å²) in [5, 5.41) is 17.7. The first-order chi connectivity index (χ1) is 15.3. The lowest BCUT2D eigenvalue weighted by Gasteiger charge is -2.30. The standard InChI is InChI=1S/C24H25N7/c1-2-30-15-13-20(14-16-30)31-17-21(26-29-31)24-25-22(18-9-5-3-6-10-18)23(27-28-24)19-11-7-4-8-12-19/h3-12,17,20H,2,13-16H2,1H3. The monoisotopic (exact) mass is 411 g/mol. The van der Waals surface area contributed by atoms with Gasteiger partial charge in [-0.25, -0.2) is 9.67 Å². The van der Waals surface area contributed by atoms with Crippen LogP contribution in [0.1, 0.15) is 25.8 Å². The van der Waals surface area contributed by atoms with E-state index >= 15 is 0 Å². The number of hydrogen-bond donors (Lipinski definition) is 0. The fourth-order valence-electron chi connectivity index (χ4n) is 4.08. The van der Waals surface area contributed by atoms with E-state index in [4.69, 9.17) is 4.98 Å². The molecule has 0 atom stereocenters. The average molecular weight is 412 g/mol. The number of nitrogens with zero attached hydrogens (tertiary/aromatic N) is 7. The molecule has 0 spiro atoms. The lowest BCUT2D eigenvalue weighted by molar-refractivity contribution is 0.186. The molecule has 5 rings (SSSR count). The summed E-state index contributed by atoms with van der Waals surface area (Å²) >= 11 is 0. The molecule has 0 aliphatic carbocycles. The van der Waals surface area contributed by atoms with Crippen LogP contribution < -0.4 is 0 Å². The Morgan fingerprint density at radius 1 is 0.806 bits per heavy atom. The second-order valence-corrected chi connectivity index (χ2v) is 7.81. The minimum Gasteiger partial charge on any atom is -0.303 e. The number of hydrogen-bond acceptors (Lipinski definition) is 6. The summed E-state index contributed by atoms with van der Waals surface area (Å²) in [6.45, 7) is 5.50. The fraction of sp³-hybridized carbons (Fsp3) is 0.292. The molecule has 0 amide bonds. The molecule has 1 saturated heterocycles. The van der Waals surface area contributed by atoms with E-state index in [0.29, 0.717) is 17.6 Å². The van der Waals surface area contributed by atoms with Gasteiger partial charge in [-0.1, -0.05) is 72.8 Å². The SMILES string of the molecule is CCN1CCC(n2cc(-c3nnc(-c4ccccc4)c(-c4ccccc4)n3)nn2)CC1. The van der Waals surface area contributed by atoms with Gasteiger partial charge in [-0.15, -0.1) is 15.3 Å². The minimum atomic E-state index is 0.370. The van der Waals surface area contributed by atoms with Gasteiger partial charge in [-0.3, -0.25) is 0 Å². The lowest BCUT2D eigenvalue weighted by Crippen LogP contribution is -2.34. The molecule has 4 aromatic rings. The van der Waals surface area contributed by atoms with Crippen LogP contribution >= 0.6 is 0 Å². The Hall–Kier alpha value is -3.45. The summed E-state index contributed by atoms with van der Waals surface area (Å²) in [6, 6.07) is 20.5. The minimum absolute atomic E-state index is 0.370. The van der Waals surface area contributed by atoms with Gasteiger partial charge in [-0.05, 0) is 19.4 Å². The van der Waals surface area contributed by atoms with Crippen molar-refractivity contribution in [2.45, 2.75) is 25.8 Å². The molecule has 156 valence electrons. The Balaban J connectivity index is 1.49. The van der Waals surface area contributed by atoms with E-state index in [1.807, 2.05) is 71.5 Å². The predicted molar refractivity (Wildman–Crippen MR) is 120 cm³/mol. The lowest BCUT2D eigenvalue weighted by atomic mass is 10.0. The van der Waals surface area contributed by atoms with Crippen LogP contribution in [-0.4, -0.2) is 54.7 Å². The van der Waals surface area contributed by atoms with E-state index in [2.05, 4.69) is 32.3 Å². The van der Waals surface area contributed by atoms with Gasteiger partial charge in [0, 0.05) is 24.2 Å². The highest BCUT2D eigenvalue weighted by molar-refractivity contribution is 5.78. The zero-order chi connectivity index (χ0) is 21.0. The molecule has 2 aromatic carbocycles. The Bertz CT molecular complexity index is 1130. The van der Waals surface area contributed by atoms with Gasteiger partial charge >= 0.3 is 0 Å². The maximum Gasteiger partial charge on any atom is 0.204 e. The van der Waals surface area contributed by atoms with Crippen LogP contribution in [0.5, 0.6) is 0 Å². The van der Waals surface area contributed by atoms with Crippen LogP contribution in [0.4, 0.5) is 0 Å². The summed E-state index contributed by atoms with van der Waals surface area (Å²) < 4.78 is 1.97. The molecule has 1 aliphatic rings. The number of rotatable bonds is 5. The summed E-state index contributed by atoms with van der Waals surface area (Å²) in [5.41, 5.74) is 4.19. The highest BCUT2D eigenvalue weighted by Gasteiger charge is 2.22. The van der Waals surface area contributed by atoms with Crippen molar-refractivity contribution < 1.29 is 0 Å². The third-order valence-electron chi connectivity index (χ3n) is 5.90. The summed E-state index contributed by atoms with van der Waals surface area (Å²) in [7, 11) is 0. The number of aromatic nitrogens is 6. The first-order valence-electron chi connectivity index (χ1n) is 10.8. The average Bonchev–Trinajstić information content (AvgIpc) is 3.35. The normalized spacial score (nSPS) is 15.3. The summed E-state index contributed by atoms with van der Waals surface area (Å²) in [4.78, 5) is 7.34. The first kappa shape index (κ1) is 19.5. The molecule has 0 unspecified atom stereocenters. The van der Waals surface area contributed by atoms with Gasteiger partial charge in [-0.2, -0.15) is 0 Å². The molecule has 3 heterocycles. The molecule has 31 heavy (non-hydrogen) atoms. The van der Waals surface area contributed by atoms with E-state index in [1.165, 1.54) is 0 Å². The maximum atomic E-state index is 4.88. The van der Waals surface area contributed by atoms with Gasteiger partial charge < -0.3 is 4.90 Å². The predicted octanol–water partition coefficient (Wildman–Crippen LogP) is 4.12. The largest absolute Gasteiger partial charge is 0.303 e. The van der Waals surface area contributed by atoms with E-state index in [9.17, 15) is 0 Å². The summed E-state index contributed by atoms with van der Waals surface area (Å²) in [5.74, 6) is 0.496. The van der Waals surface area contributed by atoms with Crippen LogP contribution in [-0.2, 0) is 0 Å². The molecule has 0 radical (unpaired) electrons. The quantitative estimate of drug-likeness (QED) is 0.492. The van der Waals surface area contributed by atoms with Crippen LogP contribution in [0.25, 0.3) is 34.0 Å². The molecule has 0 saturated carbocycles. The van der Waals surface area contributed by atoms with Crippen molar-refractivity contribution in [1.82, 2.24) is 35.1 Å². The molecule has 2 aromatic heterocycles. The Morgan fingerprint density at radius 2 is 1.45 bits per heavy atom. The van der Waals surface area contributed by atoms with Crippen molar-refractivity contribution in [3.05, 3.63) is 66.9 Å². The Morgan fingerprint density at radius 3 is 2.10 bits per heavy atom. The third-order valence-corrected chi connectivity index (χ3v) is 5.90. The molecular formula is C24H25N7. The molecule has 0 N–H and O–H groups in total. The van der Waals surface area contributed by atoms with Gasteiger partial charge in [0.25, 0.3) is 0 Å². The van der Waals surface area contributed by atoms with Gasteiger partial charge in [0.1, 0.15) is 11.4 Å². The zero-order valence-corrected chi connectivity index (χ0v) is 17.6. The van der Waals surface area contributed by atoms with Gasteiger partial charge in [0.15, 0.2) is 5.69 Å². The number of piperidine rings is 1. The second-order valence-electron chi connectivity index (χ2n) is 7.81. The Labute approximate surface area is 181 Å². The zero-order valence-electron chi connectivity index (χ0n) is 17.6. The van der Waals surface area contributed by atoms with E-state index in [-0.39, 0.29) is 0 Å². The fourth-order valence-corrected chi connectivity index (χ4v) is 4.08. The number of benzene rings is 2. The topological polar surface area (TPSA) is 72.6 Å². The van der Waals surface area contributed by atoms with Crippen LogP contribution in [0.15, 0.2) is 66.9 Å². The van der Waals surface area contributed by atoms with Crippen molar-refractivity contribution in [3.63, 3.8) is 0 Å². The molecular weight excluding hydrogens is 386 g/mol. The van der Waals surface area contributed by atoms with Crippen molar-refractivity contribution in [1.29, 1.82) is 0 Å². The molecule has 7 heteroatoms.